The van der Waals surface area contributed by atoms with Crippen molar-refractivity contribution in [3.63, 3.8) is 0 Å². The molecule has 2 aromatic rings. The number of rotatable bonds is 6. The van der Waals surface area contributed by atoms with E-state index >= 15 is 0 Å². The Hall–Kier alpha value is -2.39. The third-order valence-electron chi connectivity index (χ3n) is 5.96. The Balaban J connectivity index is 1.49. The average molecular weight is 394 g/mol. The molecule has 0 spiro atoms. The standard InChI is InChI=1S/C23H31N5O/c1-17(2)16-28-22(19-9-7-18(15-24)8-10-19)25-26-23(28)27-13-11-21(12-14-27)29-20-5-3-4-6-20/h7-10,17,20-21H,3-6,11-14,16H2,1-2H3. The van der Waals surface area contributed by atoms with Gasteiger partial charge in [-0.15, -0.1) is 10.2 Å². The van der Waals surface area contributed by atoms with Gasteiger partial charge in [0.25, 0.3) is 0 Å². The van der Waals surface area contributed by atoms with Gasteiger partial charge >= 0.3 is 0 Å². The first kappa shape index (κ1) is 19.9. The van der Waals surface area contributed by atoms with Crippen molar-refractivity contribution in [3.05, 3.63) is 29.8 Å². The van der Waals surface area contributed by atoms with Crippen molar-refractivity contribution in [1.29, 1.82) is 5.26 Å². The molecule has 1 aliphatic heterocycles. The minimum atomic E-state index is 0.383. The van der Waals surface area contributed by atoms with Crippen LogP contribution in [0.25, 0.3) is 11.4 Å². The normalized spacial score (nSPS) is 18.5. The SMILES string of the molecule is CC(C)Cn1c(-c2ccc(C#N)cc2)nnc1N1CCC(OC2CCCC2)CC1. The van der Waals surface area contributed by atoms with Crippen LogP contribution in [0, 0.1) is 17.2 Å². The highest BCUT2D eigenvalue weighted by molar-refractivity contribution is 5.59. The summed E-state index contributed by atoms with van der Waals surface area (Å²) in [5, 5.41) is 18.2. The fourth-order valence-electron chi connectivity index (χ4n) is 4.46. The summed E-state index contributed by atoms with van der Waals surface area (Å²) in [7, 11) is 0. The van der Waals surface area contributed by atoms with Gasteiger partial charge in [0, 0.05) is 25.2 Å². The minimum absolute atomic E-state index is 0.383. The van der Waals surface area contributed by atoms with E-state index in [0.717, 1.165) is 49.8 Å². The van der Waals surface area contributed by atoms with Crippen molar-refractivity contribution in [3.8, 4) is 17.5 Å². The number of anilines is 1. The summed E-state index contributed by atoms with van der Waals surface area (Å²) in [6.45, 7) is 7.22. The van der Waals surface area contributed by atoms with Gasteiger partial charge in [0.1, 0.15) is 0 Å². The van der Waals surface area contributed by atoms with E-state index in [-0.39, 0.29) is 0 Å². The molecule has 2 fully saturated rings. The second kappa shape index (κ2) is 8.96. The molecule has 0 N–H and O–H groups in total. The third kappa shape index (κ3) is 4.62. The fourth-order valence-corrected chi connectivity index (χ4v) is 4.46. The molecule has 1 saturated heterocycles. The van der Waals surface area contributed by atoms with Crippen LogP contribution in [0.4, 0.5) is 5.95 Å². The smallest absolute Gasteiger partial charge is 0.227 e. The molecular formula is C23H31N5O. The lowest BCUT2D eigenvalue weighted by Gasteiger charge is -2.34. The zero-order chi connectivity index (χ0) is 20.2. The van der Waals surface area contributed by atoms with Crippen LogP contribution in [0.5, 0.6) is 0 Å². The van der Waals surface area contributed by atoms with Gasteiger partial charge in [0.15, 0.2) is 5.82 Å². The molecule has 0 atom stereocenters. The molecule has 2 heterocycles. The number of nitriles is 1. The lowest BCUT2D eigenvalue weighted by atomic mass is 10.1. The van der Waals surface area contributed by atoms with E-state index in [4.69, 9.17) is 10.00 Å². The van der Waals surface area contributed by atoms with Crippen molar-refractivity contribution in [2.24, 2.45) is 5.92 Å². The summed E-state index contributed by atoms with van der Waals surface area (Å²) in [6.07, 6.45) is 8.08. The van der Waals surface area contributed by atoms with Crippen molar-refractivity contribution in [2.45, 2.75) is 71.1 Å². The van der Waals surface area contributed by atoms with E-state index in [1.165, 1.54) is 25.7 Å². The molecule has 0 unspecified atom stereocenters. The number of nitrogens with zero attached hydrogens (tertiary/aromatic N) is 5. The lowest BCUT2D eigenvalue weighted by Crippen LogP contribution is -2.39. The van der Waals surface area contributed by atoms with Gasteiger partial charge in [-0.05, 0) is 55.9 Å². The Bertz CT molecular complexity index is 837. The molecule has 1 aromatic heterocycles. The Morgan fingerprint density at radius 3 is 2.31 bits per heavy atom. The number of benzene rings is 1. The maximum absolute atomic E-state index is 9.06. The number of ether oxygens (including phenoxy) is 1. The van der Waals surface area contributed by atoms with Gasteiger partial charge < -0.3 is 9.64 Å². The zero-order valence-electron chi connectivity index (χ0n) is 17.5. The van der Waals surface area contributed by atoms with Gasteiger partial charge in [-0.25, -0.2) is 0 Å². The molecule has 6 nitrogen and oxygen atoms in total. The van der Waals surface area contributed by atoms with Crippen LogP contribution in [-0.2, 0) is 11.3 Å². The Kier molecular flexibility index (Phi) is 6.15. The summed E-state index contributed by atoms with van der Waals surface area (Å²) in [6, 6.07) is 9.79. The molecule has 1 saturated carbocycles. The predicted molar refractivity (Wildman–Crippen MR) is 114 cm³/mol. The topological polar surface area (TPSA) is 67.0 Å². The molecule has 154 valence electrons. The molecule has 2 aliphatic rings. The zero-order valence-corrected chi connectivity index (χ0v) is 17.5. The van der Waals surface area contributed by atoms with Crippen LogP contribution in [0.1, 0.15) is 57.9 Å². The van der Waals surface area contributed by atoms with Crippen molar-refractivity contribution in [1.82, 2.24) is 14.8 Å². The Labute approximate surface area is 173 Å². The molecule has 0 bridgehead atoms. The molecule has 4 rings (SSSR count). The minimum Gasteiger partial charge on any atom is -0.375 e. The first-order valence-corrected chi connectivity index (χ1v) is 11.0. The number of piperidine rings is 1. The van der Waals surface area contributed by atoms with Crippen LogP contribution < -0.4 is 4.90 Å². The Morgan fingerprint density at radius 2 is 1.69 bits per heavy atom. The van der Waals surface area contributed by atoms with Gasteiger partial charge in [0.05, 0.1) is 23.8 Å². The van der Waals surface area contributed by atoms with Crippen molar-refractivity contribution in [2.75, 3.05) is 18.0 Å². The molecular weight excluding hydrogens is 362 g/mol. The summed E-state index contributed by atoms with van der Waals surface area (Å²) in [5.41, 5.74) is 1.66. The molecule has 0 radical (unpaired) electrons. The van der Waals surface area contributed by atoms with Crippen LogP contribution >= 0.6 is 0 Å². The largest absolute Gasteiger partial charge is 0.375 e. The van der Waals surface area contributed by atoms with Crippen LogP contribution in [0.2, 0.25) is 0 Å². The monoisotopic (exact) mass is 393 g/mol. The van der Waals surface area contributed by atoms with E-state index in [9.17, 15) is 0 Å². The highest BCUT2D eigenvalue weighted by Crippen LogP contribution is 2.29. The van der Waals surface area contributed by atoms with Crippen LogP contribution in [-0.4, -0.2) is 40.1 Å². The van der Waals surface area contributed by atoms with Crippen LogP contribution in [0.15, 0.2) is 24.3 Å². The summed E-state index contributed by atoms with van der Waals surface area (Å²) >= 11 is 0. The third-order valence-corrected chi connectivity index (χ3v) is 5.96. The summed E-state index contributed by atoms with van der Waals surface area (Å²) in [5.74, 6) is 2.32. The highest BCUT2D eigenvalue weighted by Gasteiger charge is 2.27. The Morgan fingerprint density at radius 1 is 1.03 bits per heavy atom. The van der Waals surface area contributed by atoms with Gasteiger partial charge in [-0.3, -0.25) is 4.57 Å². The van der Waals surface area contributed by atoms with Gasteiger partial charge in [-0.1, -0.05) is 26.7 Å². The maximum Gasteiger partial charge on any atom is 0.227 e. The quantitative estimate of drug-likeness (QED) is 0.728. The van der Waals surface area contributed by atoms with E-state index < -0.39 is 0 Å². The number of aromatic nitrogens is 3. The highest BCUT2D eigenvalue weighted by atomic mass is 16.5. The van der Waals surface area contributed by atoms with E-state index in [0.29, 0.717) is 23.7 Å². The second-order valence-corrected chi connectivity index (χ2v) is 8.75. The molecule has 0 amide bonds. The van der Waals surface area contributed by atoms with Crippen molar-refractivity contribution < 1.29 is 4.74 Å². The fraction of sp³-hybridized carbons (Fsp3) is 0.609. The summed E-state index contributed by atoms with van der Waals surface area (Å²) in [4.78, 5) is 2.36. The molecule has 1 aliphatic carbocycles. The molecule has 6 heteroatoms. The van der Waals surface area contributed by atoms with Crippen LogP contribution in [0.3, 0.4) is 0 Å². The number of hydrogen-bond acceptors (Lipinski definition) is 5. The van der Waals surface area contributed by atoms with E-state index in [1.54, 1.807) is 0 Å². The first-order chi connectivity index (χ1) is 14.1. The molecule has 1 aromatic carbocycles. The second-order valence-electron chi connectivity index (χ2n) is 8.75. The number of hydrogen-bond donors (Lipinski definition) is 0. The van der Waals surface area contributed by atoms with E-state index in [2.05, 4.69) is 39.6 Å². The molecule has 29 heavy (non-hydrogen) atoms. The van der Waals surface area contributed by atoms with E-state index in [1.807, 2.05) is 24.3 Å². The summed E-state index contributed by atoms with van der Waals surface area (Å²) < 4.78 is 8.57. The van der Waals surface area contributed by atoms with Gasteiger partial charge in [-0.2, -0.15) is 5.26 Å². The lowest BCUT2D eigenvalue weighted by molar-refractivity contribution is -0.0196. The maximum atomic E-state index is 9.06. The first-order valence-electron chi connectivity index (χ1n) is 11.0. The van der Waals surface area contributed by atoms with Crippen molar-refractivity contribution >= 4 is 5.95 Å². The van der Waals surface area contributed by atoms with Gasteiger partial charge in [0.2, 0.25) is 5.95 Å². The average Bonchev–Trinajstić information content (AvgIpc) is 3.38. The predicted octanol–water partition coefficient (Wildman–Crippen LogP) is 4.40.